The zero-order chi connectivity index (χ0) is 19.9. The number of amides is 1. The van der Waals surface area contributed by atoms with Gasteiger partial charge in [-0.1, -0.05) is 6.07 Å². The highest BCUT2D eigenvalue weighted by Crippen LogP contribution is 2.23. The van der Waals surface area contributed by atoms with Crippen LogP contribution in [-0.2, 0) is 16.4 Å². The van der Waals surface area contributed by atoms with Crippen molar-refractivity contribution in [3.63, 3.8) is 0 Å². The number of nitrogens with zero attached hydrogens (tertiary/aromatic N) is 3. The second-order valence-corrected chi connectivity index (χ2v) is 11.1. The number of rotatable bonds is 4. The largest absolute Gasteiger partial charge is 0.343 e. The average molecular weight is 422 g/mol. The number of carbonyl (C=O) groups is 1. The van der Waals surface area contributed by atoms with E-state index in [1.807, 2.05) is 17.9 Å². The van der Waals surface area contributed by atoms with Gasteiger partial charge in [0.1, 0.15) is 0 Å². The van der Waals surface area contributed by atoms with E-state index in [2.05, 4.69) is 33.9 Å². The van der Waals surface area contributed by atoms with E-state index in [9.17, 15) is 13.2 Å². The van der Waals surface area contributed by atoms with Crippen LogP contribution in [0.4, 0.5) is 0 Å². The van der Waals surface area contributed by atoms with Gasteiger partial charge in [0.2, 0.25) is 0 Å². The second-order valence-electron chi connectivity index (χ2n) is 7.84. The maximum Gasteiger partial charge on any atom is 0.255 e. The normalized spacial score (nSPS) is 22.6. The van der Waals surface area contributed by atoms with E-state index in [-0.39, 0.29) is 17.7 Å². The van der Waals surface area contributed by atoms with Gasteiger partial charge in [-0.3, -0.25) is 9.69 Å². The highest BCUT2D eigenvalue weighted by molar-refractivity contribution is 7.91. The molecule has 0 aromatic carbocycles. The average Bonchev–Trinajstić information content (AvgIpc) is 3.38. The first-order valence-electron chi connectivity index (χ1n) is 9.77. The minimum atomic E-state index is -2.87. The highest BCUT2D eigenvalue weighted by Gasteiger charge is 2.34. The summed E-state index contributed by atoms with van der Waals surface area (Å²) in [7, 11) is -2.87. The molecule has 1 unspecified atom stereocenters. The molecule has 0 radical (unpaired) electrons. The van der Waals surface area contributed by atoms with E-state index in [0.29, 0.717) is 18.8 Å². The second kappa shape index (κ2) is 7.65. The van der Waals surface area contributed by atoms with Crippen LogP contribution in [0.2, 0.25) is 0 Å². The molecule has 2 aromatic rings. The predicted octanol–water partition coefficient (Wildman–Crippen LogP) is 2.16. The summed E-state index contributed by atoms with van der Waals surface area (Å²) in [6.07, 6.45) is 0.722. The smallest absolute Gasteiger partial charge is 0.255 e. The van der Waals surface area contributed by atoms with Crippen molar-refractivity contribution in [2.24, 2.45) is 0 Å². The lowest BCUT2D eigenvalue weighted by Gasteiger charge is -2.37. The maximum atomic E-state index is 13.1. The minimum Gasteiger partial charge on any atom is -0.343 e. The first-order chi connectivity index (χ1) is 13.3. The summed E-state index contributed by atoms with van der Waals surface area (Å²) in [4.78, 5) is 18.6. The SMILES string of the molecule is Cc1cc(C(=O)N2CCN(C3CCS(=O)(=O)C3)CC2)c(C)n1Cc1cccs1. The van der Waals surface area contributed by atoms with Gasteiger partial charge in [0.15, 0.2) is 9.84 Å². The lowest BCUT2D eigenvalue weighted by molar-refractivity contribution is 0.0587. The molecule has 6 nitrogen and oxygen atoms in total. The van der Waals surface area contributed by atoms with E-state index in [0.717, 1.165) is 43.0 Å². The number of piperazine rings is 1. The number of carbonyl (C=O) groups excluding carboxylic acids is 1. The van der Waals surface area contributed by atoms with Crippen molar-refractivity contribution >= 4 is 27.1 Å². The molecule has 2 aromatic heterocycles. The van der Waals surface area contributed by atoms with E-state index in [1.165, 1.54) is 4.88 Å². The molecule has 28 heavy (non-hydrogen) atoms. The molecule has 0 saturated carbocycles. The van der Waals surface area contributed by atoms with Crippen LogP contribution in [0.1, 0.15) is 33.0 Å². The number of sulfone groups is 1. The predicted molar refractivity (Wildman–Crippen MR) is 112 cm³/mol. The van der Waals surface area contributed by atoms with Crippen molar-refractivity contribution in [2.45, 2.75) is 32.9 Å². The first kappa shape index (κ1) is 19.7. The van der Waals surface area contributed by atoms with Gasteiger partial charge in [-0.25, -0.2) is 8.42 Å². The number of aryl methyl sites for hydroxylation is 1. The Kier molecular flexibility index (Phi) is 5.37. The topological polar surface area (TPSA) is 62.6 Å². The van der Waals surface area contributed by atoms with Crippen molar-refractivity contribution in [2.75, 3.05) is 37.7 Å². The maximum absolute atomic E-state index is 13.1. The van der Waals surface area contributed by atoms with Crippen molar-refractivity contribution in [3.8, 4) is 0 Å². The summed E-state index contributed by atoms with van der Waals surface area (Å²) in [6.45, 7) is 7.68. The Morgan fingerprint density at radius 3 is 2.57 bits per heavy atom. The van der Waals surface area contributed by atoms with Crippen LogP contribution in [0.3, 0.4) is 0 Å². The number of hydrogen-bond acceptors (Lipinski definition) is 5. The van der Waals surface area contributed by atoms with Crippen LogP contribution in [-0.4, -0.2) is 72.4 Å². The molecule has 8 heteroatoms. The molecule has 2 saturated heterocycles. The van der Waals surface area contributed by atoms with E-state index >= 15 is 0 Å². The van der Waals surface area contributed by atoms with Crippen LogP contribution in [0.5, 0.6) is 0 Å². The van der Waals surface area contributed by atoms with E-state index < -0.39 is 9.84 Å². The standard InChI is InChI=1S/C20H27N3O3S2/c1-15-12-19(16(2)23(15)13-18-4-3-10-27-18)20(24)22-8-6-21(7-9-22)17-5-11-28(25,26)14-17/h3-4,10,12,17H,5-9,11,13-14H2,1-2H3. The fourth-order valence-corrected chi connectivity index (χ4v) is 6.80. The van der Waals surface area contributed by atoms with Crippen molar-refractivity contribution in [1.29, 1.82) is 0 Å². The Balaban J connectivity index is 1.42. The lowest BCUT2D eigenvalue weighted by atomic mass is 10.1. The highest BCUT2D eigenvalue weighted by atomic mass is 32.2. The summed E-state index contributed by atoms with van der Waals surface area (Å²) in [5.74, 6) is 0.655. The summed E-state index contributed by atoms with van der Waals surface area (Å²) in [5.41, 5.74) is 2.90. The molecule has 2 aliphatic rings. The molecule has 0 bridgehead atoms. The van der Waals surface area contributed by atoms with Crippen molar-refractivity contribution < 1.29 is 13.2 Å². The summed E-state index contributed by atoms with van der Waals surface area (Å²) >= 11 is 1.73. The zero-order valence-electron chi connectivity index (χ0n) is 16.4. The third-order valence-electron chi connectivity index (χ3n) is 6.02. The van der Waals surface area contributed by atoms with Gasteiger partial charge in [-0.05, 0) is 37.8 Å². The molecular formula is C20H27N3O3S2. The third kappa shape index (κ3) is 3.90. The monoisotopic (exact) mass is 421 g/mol. The molecule has 4 heterocycles. The Morgan fingerprint density at radius 1 is 1.21 bits per heavy atom. The molecule has 2 fully saturated rings. The number of thiophene rings is 1. The summed E-state index contributed by atoms with van der Waals surface area (Å²) < 4.78 is 25.7. The third-order valence-corrected chi connectivity index (χ3v) is 8.64. The Morgan fingerprint density at radius 2 is 1.96 bits per heavy atom. The van der Waals surface area contributed by atoms with E-state index in [1.54, 1.807) is 11.3 Å². The van der Waals surface area contributed by atoms with Crippen LogP contribution in [0.25, 0.3) is 0 Å². The molecular weight excluding hydrogens is 394 g/mol. The molecule has 1 atom stereocenters. The Hall–Kier alpha value is -1.64. The molecule has 1 amide bonds. The lowest BCUT2D eigenvalue weighted by Crippen LogP contribution is -2.52. The van der Waals surface area contributed by atoms with E-state index in [4.69, 9.17) is 0 Å². The number of hydrogen-bond donors (Lipinski definition) is 0. The van der Waals surface area contributed by atoms with Gasteiger partial charge in [-0.2, -0.15) is 0 Å². The number of aromatic nitrogens is 1. The Bertz CT molecular complexity index is 955. The fraction of sp³-hybridized carbons (Fsp3) is 0.550. The van der Waals surface area contributed by atoms with Crippen molar-refractivity contribution in [1.82, 2.24) is 14.4 Å². The Labute approximate surface area is 170 Å². The molecule has 2 aliphatic heterocycles. The van der Waals surface area contributed by atoms with Gasteiger partial charge in [0, 0.05) is 48.5 Å². The summed E-state index contributed by atoms with van der Waals surface area (Å²) in [6, 6.07) is 6.29. The minimum absolute atomic E-state index is 0.0872. The zero-order valence-corrected chi connectivity index (χ0v) is 18.1. The molecule has 4 rings (SSSR count). The molecule has 0 aliphatic carbocycles. The fourth-order valence-electron chi connectivity index (χ4n) is 4.34. The van der Waals surface area contributed by atoms with Crippen molar-refractivity contribution in [3.05, 3.63) is 45.4 Å². The molecule has 0 N–H and O–H groups in total. The van der Waals surface area contributed by atoms with Crippen LogP contribution in [0, 0.1) is 13.8 Å². The van der Waals surface area contributed by atoms with Gasteiger partial charge < -0.3 is 9.47 Å². The molecule has 0 spiro atoms. The van der Waals surface area contributed by atoms with Gasteiger partial charge in [0.05, 0.1) is 23.6 Å². The first-order valence-corrected chi connectivity index (χ1v) is 12.5. The van der Waals surface area contributed by atoms with Crippen LogP contribution < -0.4 is 0 Å². The summed E-state index contributed by atoms with van der Waals surface area (Å²) in [5, 5.41) is 2.07. The van der Waals surface area contributed by atoms with Crippen LogP contribution in [0.15, 0.2) is 23.6 Å². The van der Waals surface area contributed by atoms with Gasteiger partial charge >= 0.3 is 0 Å². The van der Waals surface area contributed by atoms with Crippen LogP contribution >= 0.6 is 11.3 Å². The molecule has 152 valence electrons. The van der Waals surface area contributed by atoms with Gasteiger partial charge in [0.25, 0.3) is 5.91 Å². The van der Waals surface area contributed by atoms with Gasteiger partial charge in [-0.15, -0.1) is 11.3 Å². The quantitative estimate of drug-likeness (QED) is 0.759.